The molecule has 0 unspecified atom stereocenters. The summed E-state index contributed by atoms with van der Waals surface area (Å²) in [5.74, 6) is -2.88. The van der Waals surface area contributed by atoms with Crippen LogP contribution in [0, 0.1) is 0 Å². The number of piperazine rings is 1. The van der Waals surface area contributed by atoms with Crippen molar-refractivity contribution in [2.45, 2.75) is 44.6 Å². The number of hydrogen-bond acceptors (Lipinski definition) is 5. The Hall–Kier alpha value is -2.61. The third kappa shape index (κ3) is 6.74. The van der Waals surface area contributed by atoms with Gasteiger partial charge in [-0.1, -0.05) is 37.8 Å². The highest BCUT2D eigenvalue weighted by Gasteiger charge is 2.27. The monoisotopic (exact) mass is 406 g/mol. The normalized spacial score (nSPS) is 18.2. The van der Waals surface area contributed by atoms with E-state index in [-0.39, 0.29) is 5.91 Å². The minimum Gasteiger partial charge on any atom is -0.496 e. The molecule has 1 saturated heterocycles. The zero-order valence-electron chi connectivity index (χ0n) is 16.9. The average Bonchev–Trinajstić information content (AvgIpc) is 3.03. The van der Waals surface area contributed by atoms with Gasteiger partial charge in [0.1, 0.15) is 5.75 Å². The summed E-state index contributed by atoms with van der Waals surface area (Å²) in [7, 11) is 1.62. The van der Waals surface area contributed by atoms with Gasteiger partial charge in [-0.2, -0.15) is 0 Å². The molecular formula is C21H30N2O6. The van der Waals surface area contributed by atoms with Crippen LogP contribution in [-0.4, -0.2) is 77.2 Å². The molecule has 3 rings (SSSR count). The lowest BCUT2D eigenvalue weighted by molar-refractivity contribution is -0.159. The molecule has 0 aromatic heterocycles. The number of carbonyl (C=O) groups excluding carboxylic acids is 1. The summed E-state index contributed by atoms with van der Waals surface area (Å²) < 4.78 is 5.33. The van der Waals surface area contributed by atoms with Gasteiger partial charge in [0.15, 0.2) is 0 Å². The average molecular weight is 406 g/mol. The molecule has 1 amide bonds. The fraction of sp³-hybridized carbons (Fsp3) is 0.571. The van der Waals surface area contributed by atoms with Gasteiger partial charge in [0, 0.05) is 32.2 Å². The summed E-state index contributed by atoms with van der Waals surface area (Å²) in [5, 5.41) is 14.8. The number of carbonyl (C=O) groups is 3. The lowest BCUT2D eigenvalue weighted by Crippen LogP contribution is -2.51. The van der Waals surface area contributed by atoms with Crippen LogP contribution in [0.2, 0.25) is 0 Å². The predicted molar refractivity (Wildman–Crippen MR) is 107 cm³/mol. The largest absolute Gasteiger partial charge is 0.496 e. The van der Waals surface area contributed by atoms with Gasteiger partial charge in [0.2, 0.25) is 0 Å². The predicted octanol–water partition coefficient (Wildman–Crippen LogP) is 2.33. The van der Waals surface area contributed by atoms with E-state index in [1.165, 1.54) is 38.5 Å². The van der Waals surface area contributed by atoms with Crippen LogP contribution >= 0.6 is 0 Å². The number of methoxy groups -OCH3 is 1. The van der Waals surface area contributed by atoms with Crippen molar-refractivity contribution in [1.29, 1.82) is 0 Å². The van der Waals surface area contributed by atoms with Crippen molar-refractivity contribution in [3.63, 3.8) is 0 Å². The number of rotatable bonds is 3. The van der Waals surface area contributed by atoms with E-state index in [0.29, 0.717) is 11.3 Å². The second-order valence-electron chi connectivity index (χ2n) is 7.28. The summed E-state index contributed by atoms with van der Waals surface area (Å²) in [6, 6.07) is 8.26. The van der Waals surface area contributed by atoms with E-state index in [0.717, 1.165) is 32.2 Å². The van der Waals surface area contributed by atoms with Gasteiger partial charge in [-0.3, -0.25) is 9.69 Å². The van der Waals surface area contributed by atoms with Crippen molar-refractivity contribution in [2.24, 2.45) is 0 Å². The first-order valence-electron chi connectivity index (χ1n) is 10.1. The summed E-state index contributed by atoms with van der Waals surface area (Å²) in [5.41, 5.74) is 0.679. The number of carboxylic acids is 2. The van der Waals surface area contributed by atoms with Crippen molar-refractivity contribution >= 4 is 17.8 Å². The molecule has 29 heavy (non-hydrogen) atoms. The first kappa shape index (κ1) is 22.7. The molecular weight excluding hydrogens is 376 g/mol. The minimum atomic E-state index is -1.82. The number of hydrogen-bond donors (Lipinski definition) is 2. The Morgan fingerprint density at radius 2 is 1.45 bits per heavy atom. The van der Waals surface area contributed by atoms with Crippen LogP contribution in [0.25, 0.3) is 0 Å². The van der Waals surface area contributed by atoms with Crippen LogP contribution in [0.5, 0.6) is 5.75 Å². The molecule has 0 radical (unpaired) electrons. The number of benzene rings is 1. The Morgan fingerprint density at radius 1 is 0.897 bits per heavy atom. The van der Waals surface area contributed by atoms with E-state index in [2.05, 4.69) is 4.90 Å². The molecule has 1 aliphatic heterocycles. The van der Waals surface area contributed by atoms with Crippen molar-refractivity contribution in [2.75, 3.05) is 33.3 Å². The second kappa shape index (κ2) is 11.4. The number of nitrogens with zero attached hydrogens (tertiary/aromatic N) is 2. The molecule has 160 valence electrons. The molecule has 2 N–H and O–H groups in total. The van der Waals surface area contributed by atoms with E-state index in [1.54, 1.807) is 7.11 Å². The van der Waals surface area contributed by atoms with Crippen molar-refractivity contribution in [3.05, 3.63) is 29.8 Å². The van der Waals surface area contributed by atoms with E-state index in [9.17, 15) is 4.79 Å². The zero-order valence-corrected chi connectivity index (χ0v) is 16.9. The standard InChI is InChI=1S/C19H28N2O2.C2H2O4/c1-23-18-11-7-6-10-17(18)19(22)21-14-12-20(13-15-21)16-8-4-2-3-5-9-16;3-1(4)2(5)6/h6-7,10-11,16H,2-5,8-9,12-15H2,1H3;(H,3,4)(H,5,6). The number of para-hydroxylation sites is 1. The Morgan fingerprint density at radius 3 is 1.97 bits per heavy atom. The van der Waals surface area contributed by atoms with Gasteiger partial charge >= 0.3 is 11.9 Å². The van der Waals surface area contributed by atoms with Crippen LogP contribution in [-0.2, 0) is 9.59 Å². The van der Waals surface area contributed by atoms with Crippen LogP contribution < -0.4 is 4.74 Å². The number of aliphatic carboxylic acids is 2. The topological polar surface area (TPSA) is 107 Å². The number of ether oxygens (including phenoxy) is 1. The molecule has 1 heterocycles. The lowest BCUT2D eigenvalue weighted by Gasteiger charge is -2.39. The molecule has 8 heteroatoms. The van der Waals surface area contributed by atoms with Crippen LogP contribution in [0.15, 0.2) is 24.3 Å². The third-order valence-electron chi connectivity index (χ3n) is 5.46. The Bertz CT molecular complexity index is 680. The maximum atomic E-state index is 12.7. The molecule has 2 fully saturated rings. The summed E-state index contributed by atoms with van der Waals surface area (Å²) in [6.07, 6.45) is 8.18. The van der Waals surface area contributed by atoms with Gasteiger partial charge in [-0.25, -0.2) is 9.59 Å². The first-order valence-corrected chi connectivity index (χ1v) is 10.1. The van der Waals surface area contributed by atoms with Crippen molar-refractivity contribution in [1.82, 2.24) is 9.80 Å². The first-order chi connectivity index (χ1) is 13.9. The van der Waals surface area contributed by atoms with E-state index < -0.39 is 11.9 Å². The van der Waals surface area contributed by atoms with E-state index in [4.69, 9.17) is 24.5 Å². The number of amides is 1. The third-order valence-corrected chi connectivity index (χ3v) is 5.46. The van der Waals surface area contributed by atoms with Crippen LogP contribution in [0.1, 0.15) is 48.9 Å². The molecule has 2 aliphatic rings. The summed E-state index contributed by atoms with van der Waals surface area (Å²) in [6.45, 7) is 3.66. The molecule has 0 spiro atoms. The van der Waals surface area contributed by atoms with Crippen molar-refractivity contribution in [3.8, 4) is 5.75 Å². The highest BCUT2D eigenvalue weighted by atomic mass is 16.5. The Kier molecular flexibility index (Phi) is 8.92. The highest BCUT2D eigenvalue weighted by Crippen LogP contribution is 2.24. The van der Waals surface area contributed by atoms with Gasteiger partial charge in [-0.15, -0.1) is 0 Å². The zero-order chi connectivity index (χ0) is 21.2. The molecule has 1 aromatic rings. The smallest absolute Gasteiger partial charge is 0.414 e. The highest BCUT2D eigenvalue weighted by molar-refractivity contribution is 6.27. The number of carboxylic acid groups (broad SMARTS) is 2. The summed E-state index contributed by atoms with van der Waals surface area (Å²) >= 11 is 0. The van der Waals surface area contributed by atoms with Gasteiger partial charge in [0.25, 0.3) is 5.91 Å². The summed E-state index contributed by atoms with van der Waals surface area (Å²) in [4.78, 5) is 35.5. The lowest BCUT2D eigenvalue weighted by atomic mass is 10.1. The molecule has 1 saturated carbocycles. The van der Waals surface area contributed by atoms with Gasteiger partial charge in [-0.05, 0) is 25.0 Å². The Balaban J connectivity index is 0.000000438. The SMILES string of the molecule is COc1ccccc1C(=O)N1CCN(C2CCCCCC2)CC1.O=C(O)C(=O)O. The quantitative estimate of drug-likeness (QED) is 0.586. The molecule has 1 aromatic carbocycles. The second-order valence-corrected chi connectivity index (χ2v) is 7.28. The molecule has 0 bridgehead atoms. The fourth-order valence-corrected chi connectivity index (χ4v) is 3.90. The maximum absolute atomic E-state index is 12.7. The van der Waals surface area contributed by atoms with Crippen molar-refractivity contribution < 1.29 is 29.3 Å². The maximum Gasteiger partial charge on any atom is 0.414 e. The van der Waals surface area contributed by atoms with Crippen LogP contribution in [0.4, 0.5) is 0 Å². The molecule has 1 aliphatic carbocycles. The van der Waals surface area contributed by atoms with Gasteiger partial charge in [0.05, 0.1) is 12.7 Å². The van der Waals surface area contributed by atoms with Gasteiger partial charge < -0.3 is 19.8 Å². The molecule has 8 nitrogen and oxygen atoms in total. The minimum absolute atomic E-state index is 0.1000. The fourth-order valence-electron chi connectivity index (χ4n) is 3.90. The molecule has 0 atom stereocenters. The van der Waals surface area contributed by atoms with E-state index in [1.807, 2.05) is 29.2 Å². The van der Waals surface area contributed by atoms with E-state index >= 15 is 0 Å². The Labute approximate surface area is 171 Å². The van der Waals surface area contributed by atoms with Crippen LogP contribution in [0.3, 0.4) is 0 Å².